The van der Waals surface area contributed by atoms with Crippen molar-refractivity contribution in [2.24, 2.45) is 0 Å². The van der Waals surface area contributed by atoms with E-state index in [1.165, 1.54) is 99.1 Å². The fourth-order valence-corrected chi connectivity index (χ4v) is 8.05. The van der Waals surface area contributed by atoms with Crippen molar-refractivity contribution in [3.05, 3.63) is 182 Å². The van der Waals surface area contributed by atoms with E-state index < -0.39 is 0 Å². The molecule has 10 rings (SSSR count). The summed E-state index contributed by atoms with van der Waals surface area (Å²) in [6.07, 6.45) is 0. The Morgan fingerprint density at radius 1 is 0.229 bits per heavy atom. The van der Waals surface area contributed by atoms with Crippen molar-refractivity contribution in [2.75, 3.05) is 0 Å². The van der Waals surface area contributed by atoms with Crippen molar-refractivity contribution in [1.29, 1.82) is 0 Å². The summed E-state index contributed by atoms with van der Waals surface area (Å²) in [5, 5.41) is 7.74. The van der Waals surface area contributed by atoms with Crippen LogP contribution in [0.5, 0.6) is 0 Å². The Kier molecular flexibility index (Phi) is 5.98. The molecule has 222 valence electrons. The molecule has 0 heterocycles. The molecule has 0 bridgehead atoms. The van der Waals surface area contributed by atoms with Gasteiger partial charge in [-0.15, -0.1) is 0 Å². The van der Waals surface area contributed by atoms with Crippen molar-refractivity contribution < 1.29 is 0 Å². The number of benzene rings is 9. The summed E-state index contributed by atoms with van der Waals surface area (Å²) in [7, 11) is 0. The summed E-state index contributed by atoms with van der Waals surface area (Å²) in [6, 6.07) is 67.0. The zero-order valence-corrected chi connectivity index (χ0v) is 26.3. The fourth-order valence-electron chi connectivity index (χ4n) is 8.05. The molecular formula is C48H30. The van der Waals surface area contributed by atoms with Crippen LogP contribution >= 0.6 is 0 Å². The Morgan fingerprint density at radius 2 is 0.708 bits per heavy atom. The van der Waals surface area contributed by atoms with Crippen molar-refractivity contribution in [2.45, 2.75) is 0 Å². The molecular weight excluding hydrogens is 577 g/mol. The number of hydrogen-bond donors (Lipinski definition) is 0. The minimum Gasteiger partial charge on any atom is -0.0622 e. The van der Waals surface area contributed by atoms with Crippen LogP contribution in [-0.4, -0.2) is 0 Å². The molecule has 0 unspecified atom stereocenters. The van der Waals surface area contributed by atoms with E-state index in [0.29, 0.717) is 0 Å². The summed E-state index contributed by atoms with van der Waals surface area (Å²) in [5.41, 5.74) is 15.3. The summed E-state index contributed by atoms with van der Waals surface area (Å²) in [4.78, 5) is 0. The number of rotatable bonds is 4. The molecule has 0 aliphatic heterocycles. The van der Waals surface area contributed by atoms with Gasteiger partial charge < -0.3 is 0 Å². The molecule has 1 aliphatic rings. The topological polar surface area (TPSA) is 0 Å². The van der Waals surface area contributed by atoms with Crippen molar-refractivity contribution in [3.63, 3.8) is 0 Å². The van der Waals surface area contributed by atoms with Gasteiger partial charge in [0.25, 0.3) is 0 Å². The van der Waals surface area contributed by atoms with Crippen LogP contribution in [0.25, 0.3) is 99.1 Å². The lowest BCUT2D eigenvalue weighted by molar-refractivity contribution is 1.61. The quantitative estimate of drug-likeness (QED) is 0.175. The zero-order valence-electron chi connectivity index (χ0n) is 26.3. The van der Waals surface area contributed by atoms with E-state index in [1.54, 1.807) is 0 Å². The lowest BCUT2D eigenvalue weighted by Gasteiger charge is -2.18. The average molecular weight is 607 g/mol. The van der Waals surface area contributed by atoms with E-state index >= 15 is 0 Å². The van der Waals surface area contributed by atoms with Gasteiger partial charge in [0.15, 0.2) is 0 Å². The van der Waals surface area contributed by atoms with Crippen LogP contribution in [0.15, 0.2) is 182 Å². The summed E-state index contributed by atoms with van der Waals surface area (Å²) < 4.78 is 0. The molecule has 0 fully saturated rings. The highest BCUT2D eigenvalue weighted by molar-refractivity contribution is 6.22. The molecule has 0 nitrogen and oxygen atoms in total. The smallest absolute Gasteiger partial charge is 0.00259 e. The molecule has 48 heavy (non-hydrogen) atoms. The Labute approximate surface area is 280 Å². The van der Waals surface area contributed by atoms with Crippen LogP contribution in [0.4, 0.5) is 0 Å². The Bertz CT molecular complexity index is 2640. The van der Waals surface area contributed by atoms with Crippen LogP contribution in [0.3, 0.4) is 0 Å². The Balaban J connectivity index is 1.16. The van der Waals surface area contributed by atoms with Gasteiger partial charge >= 0.3 is 0 Å². The molecule has 0 saturated heterocycles. The molecule has 0 spiro atoms. The van der Waals surface area contributed by atoms with E-state index in [4.69, 9.17) is 0 Å². The van der Waals surface area contributed by atoms with Crippen molar-refractivity contribution in [1.82, 2.24) is 0 Å². The third-order valence-corrected chi connectivity index (χ3v) is 10.2. The first-order chi connectivity index (χ1) is 23.8. The third kappa shape index (κ3) is 4.10. The van der Waals surface area contributed by atoms with Gasteiger partial charge in [0.2, 0.25) is 0 Å². The second kappa shape index (κ2) is 10.7. The van der Waals surface area contributed by atoms with Crippen molar-refractivity contribution >= 4 is 32.3 Å². The van der Waals surface area contributed by atoms with Crippen LogP contribution in [0.1, 0.15) is 0 Å². The first-order valence-corrected chi connectivity index (χ1v) is 16.7. The highest BCUT2D eigenvalue weighted by Gasteiger charge is 2.22. The van der Waals surface area contributed by atoms with Gasteiger partial charge in [0, 0.05) is 0 Å². The van der Waals surface area contributed by atoms with E-state index in [-0.39, 0.29) is 0 Å². The van der Waals surface area contributed by atoms with Crippen LogP contribution in [0.2, 0.25) is 0 Å². The third-order valence-electron chi connectivity index (χ3n) is 10.2. The molecule has 0 N–H and O–H groups in total. The van der Waals surface area contributed by atoms with Gasteiger partial charge in [0.05, 0.1) is 0 Å². The predicted octanol–water partition coefficient (Wildman–Crippen LogP) is 13.5. The molecule has 0 saturated carbocycles. The van der Waals surface area contributed by atoms with Crippen LogP contribution in [0, 0.1) is 0 Å². The first-order valence-electron chi connectivity index (χ1n) is 16.7. The fraction of sp³-hybridized carbons (Fsp3) is 0. The molecule has 9 aromatic carbocycles. The largest absolute Gasteiger partial charge is 0.0622 e. The maximum absolute atomic E-state index is 2.40. The molecule has 0 aromatic heterocycles. The average Bonchev–Trinajstić information content (AvgIpc) is 3.49. The molecule has 9 aromatic rings. The standard InChI is InChI=1S/C48H30/c1-2-12-31(13-3-1)32-24-26-33(27-25-32)46-41-19-6-8-21-43(41)47(44-22-9-7-20-42(44)46)35-15-10-14-34(28-35)37-29-36-16-11-23-40-38-17-4-5-18-39(38)45(30-37)48(36)40/h1-30H. The minimum atomic E-state index is 1.23. The van der Waals surface area contributed by atoms with Crippen LogP contribution in [-0.2, 0) is 0 Å². The lowest BCUT2D eigenvalue weighted by atomic mass is 9.85. The second-order valence-corrected chi connectivity index (χ2v) is 12.8. The zero-order chi connectivity index (χ0) is 31.6. The Morgan fingerprint density at radius 3 is 1.40 bits per heavy atom. The van der Waals surface area contributed by atoms with E-state index in [1.807, 2.05) is 0 Å². The maximum atomic E-state index is 2.40. The van der Waals surface area contributed by atoms with E-state index in [9.17, 15) is 0 Å². The molecule has 0 radical (unpaired) electrons. The summed E-state index contributed by atoms with van der Waals surface area (Å²) in [5.74, 6) is 0. The van der Waals surface area contributed by atoms with Crippen molar-refractivity contribution in [3.8, 4) is 66.8 Å². The predicted molar refractivity (Wildman–Crippen MR) is 205 cm³/mol. The van der Waals surface area contributed by atoms with Gasteiger partial charge in [-0.25, -0.2) is 0 Å². The van der Waals surface area contributed by atoms with Gasteiger partial charge in [-0.2, -0.15) is 0 Å². The normalized spacial score (nSPS) is 11.8. The molecule has 0 atom stereocenters. The first kappa shape index (κ1) is 26.9. The van der Waals surface area contributed by atoms with Gasteiger partial charge in [-0.05, 0) is 117 Å². The summed E-state index contributed by atoms with van der Waals surface area (Å²) >= 11 is 0. The molecule has 0 heteroatoms. The summed E-state index contributed by atoms with van der Waals surface area (Å²) in [6.45, 7) is 0. The van der Waals surface area contributed by atoms with E-state index in [2.05, 4.69) is 182 Å². The van der Waals surface area contributed by atoms with Crippen LogP contribution < -0.4 is 0 Å². The number of fused-ring (bicyclic) bond motifs is 5. The van der Waals surface area contributed by atoms with Gasteiger partial charge in [0.1, 0.15) is 0 Å². The maximum Gasteiger partial charge on any atom is -0.00259 e. The SMILES string of the molecule is c1ccc(-c2ccc(-c3c4ccccc4c(-c4cccc(-c5cc6c7c(cccc7c5)-c5ccccc5-6)c4)c4ccccc34)cc2)cc1. The Hall–Kier alpha value is -6.24. The highest BCUT2D eigenvalue weighted by Crippen LogP contribution is 2.49. The highest BCUT2D eigenvalue weighted by atomic mass is 14.3. The minimum absolute atomic E-state index is 1.23. The number of hydrogen-bond acceptors (Lipinski definition) is 0. The second-order valence-electron chi connectivity index (χ2n) is 12.8. The molecule has 0 amide bonds. The van der Waals surface area contributed by atoms with Gasteiger partial charge in [-0.3, -0.25) is 0 Å². The monoisotopic (exact) mass is 606 g/mol. The lowest BCUT2D eigenvalue weighted by Crippen LogP contribution is -1.91. The molecule has 1 aliphatic carbocycles. The van der Waals surface area contributed by atoms with E-state index in [0.717, 1.165) is 0 Å². The van der Waals surface area contributed by atoms with Gasteiger partial charge in [-0.1, -0.05) is 164 Å².